The van der Waals surface area contributed by atoms with Gasteiger partial charge < -0.3 is 15.4 Å². The van der Waals surface area contributed by atoms with Crippen LogP contribution < -0.4 is 10.6 Å². The first-order valence-electron chi connectivity index (χ1n) is 6.84. The number of nitrogens with two attached hydrogens (primary N) is 1. The average molecular weight is 260 g/mol. The van der Waals surface area contributed by atoms with Crippen LogP contribution in [0.3, 0.4) is 0 Å². The van der Waals surface area contributed by atoms with E-state index in [0.29, 0.717) is 19.8 Å². The molecule has 0 atom stereocenters. The van der Waals surface area contributed by atoms with Crippen LogP contribution in [0, 0.1) is 5.41 Å². The fourth-order valence-electron chi connectivity index (χ4n) is 2.92. The van der Waals surface area contributed by atoms with Crippen LogP contribution in [-0.2, 0) is 22.4 Å². The van der Waals surface area contributed by atoms with Crippen LogP contribution in [0.15, 0.2) is 18.2 Å². The second-order valence-corrected chi connectivity index (χ2v) is 5.65. The average Bonchev–Trinajstić information content (AvgIpc) is 2.84. The fourth-order valence-corrected chi connectivity index (χ4v) is 2.92. The Labute approximate surface area is 113 Å². The lowest BCUT2D eigenvalue weighted by atomic mass is 9.84. The number of hydrogen-bond acceptors (Lipinski definition) is 3. The molecule has 0 aromatic heterocycles. The van der Waals surface area contributed by atoms with Crippen LogP contribution in [-0.4, -0.2) is 32.7 Å². The minimum Gasteiger partial charge on any atom is -0.379 e. The van der Waals surface area contributed by atoms with E-state index in [9.17, 15) is 4.79 Å². The lowest BCUT2D eigenvalue weighted by molar-refractivity contribution is -0.156. The summed E-state index contributed by atoms with van der Waals surface area (Å²) in [4.78, 5) is 14.3. The van der Waals surface area contributed by atoms with Gasteiger partial charge in [-0.15, -0.1) is 0 Å². The van der Waals surface area contributed by atoms with Gasteiger partial charge in [-0.05, 0) is 42.5 Å². The number of carbonyl (C=O) groups excluding carboxylic acids is 1. The van der Waals surface area contributed by atoms with Gasteiger partial charge in [0.2, 0.25) is 5.91 Å². The van der Waals surface area contributed by atoms with Crippen molar-refractivity contribution in [2.24, 2.45) is 11.1 Å². The molecule has 1 saturated heterocycles. The second kappa shape index (κ2) is 4.62. The Morgan fingerprint density at radius 3 is 2.74 bits per heavy atom. The monoisotopic (exact) mass is 260 g/mol. The lowest BCUT2D eigenvalue weighted by Crippen LogP contribution is -2.58. The standard InChI is InChI=1S/C15H20N2O2/c1-17(14(18)15(8-16)9-19-10-15)13-6-5-11-3-2-4-12(11)7-13/h5-7H,2-4,8-10,16H2,1H3. The number of anilines is 1. The van der Waals surface area contributed by atoms with E-state index >= 15 is 0 Å². The molecule has 1 aliphatic carbocycles. The molecule has 1 fully saturated rings. The van der Waals surface area contributed by atoms with Gasteiger partial charge in [-0.1, -0.05) is 6.07 Å². The molecule has 2 N–H and O–H groups in total. The topological polar surface area (TPSA) is 55.6 Å². The first-order chi connectivity index (χ1) is 9.16. The van der Waals surface area contributed by atoms with Crippen molar-refractivity contribution in [3.63, 3.8) is 0 Å². The summed E-state index contributed by atoms with van der Waals surface area (Å²) in [6, 6.07) is 6.32. The molecule has 0 saturated carbocycles. The predicted molar refractivity (Wildman–Crippen MR) is 74.2 cm³/mol. The molecular formula is C15H20N2O2. The molecule has 19 heavy (non-hydrogen) atoms. The summed E-state index contributed by atoms with van der Waals surface area (Å²) in [6.07, 6.45) is 3.50. The summed E-state index contributed by atoms with van der Waals surface area (Å²) in [6.45, 7) is 1.23. The largest absolute Gasteiger partial charge is 0.379 e. The number of amides is 1. The van der Waals surface area contributed by atoms with E-state index in [1.54, 1.807) is 4.90 Å². The number of nitrogens with zero attached hydrogens (tertiary/aromatic N) is 1. The SMILES string of the molecule is CN(C(=O)C1(CN)COC1)c1ccc2c(c1)CCC2. The zero-order valence-corrected chi connectivity index (χ0v) is 11.3. The third-order valence-corrected chi connectivity index (χ3v) is 4.38. The number of carbonyl (C=O) groups is 1. The van der Waals surface area contributed by atoms with Crippen molar-refractivity contribution in [3.8, 4) is 0 Å². The normalized spacial score (nSPS) is 19.7. The first-order valence-corrected chi connectivity index (χ1v) is 6.84. The minimum atomic E-state index is -0.506. The van der Waals surface area contributed by atoms with Gasteiger partial charge in [-0.3, -0.25) is 4.79 Å². The van der Waals surface area contributed by atoms with Crippen LogP contribution in [0.2, 0.25) is 0 Å². The van der Waals surface area contributed by atoms with E-state index in [2.05, 4.69) is 12.1 Å². The molecule has 1 aromatic carbocycles. The zero-order chi connectivity index (χ0) is 13.5. The molecule has 0 bridgehead atoms. The van der Waals surface area contributed by atoms with Crippen molar-refractivity contribution < 1.29 is 9.53 Å². The van der Waals surface area contributed by atoms with Gasteiger partial charge in [-0.2, -0.15) is 0 Å². The molecule has 1 amide bonds. The molecule has 0 spiro atoms. The van der Waals surface area contributed by atoms with Crippen molar-refractivity contribution in [1.29, 1.82) is 0 Å². The number of ether oxygens (including phenoxy) is 1. The maximum absolute atomic E-state index is 12.5. The van der Waals surface area contributed by atoms with Crippen molar-refractivity contribution in [3.05, 3.63) is 29.3 Å². The Balaban J connectivity index is 1.83. The molecule has 0 radical (unpaired) electrons. The Morgan fingerprint density at radius 2 is 2.11 bits per heavy atom. The number of rotatable bonds is 3. The minimum absolute atomic E-state index is 0.0687. The number of aryl methyl sites for hydroxylation is 2. The Bertz CT molecular complexity index is 503. The second-order valence-electron chi connectivity index (χ2n) is 5.65. The molecular weight excluding hydrogens is 240 g/mol. The van der Waals surface area contributed by atoms with Crippen molar-refractivity contribution >= 4 is 11.6 Å². The maximum atomic E-state index is 12.5. The van der Waals surface area contributed by atoms with E-state index < -0.39 is 5.41 Å². The van der Waals surface area contributed by atoms with Crippen LogP contribution in [0.5, 0.6) is 0 Å². The molecule has 2 aliphatic rings. The number of hydrogen-bond donors (Lipinski definition) is 1. The lowest BCUT2D eigenvalue weighted by Gasteiger charge is -2.41. The van der Waals surface area contributed by atoms with Crippen molar-refractivity contribution in [1.82, 2.24) is 0 Å². The highest BCUT2D eigenvalue weighted by Gasteiger charge is 2.46. The molecule has 4 heteroatoms. The molecule has 1 aliphatic heterocycles. The summed E-state index contributed by atoms with van der Waals surface area (Å²) in [7, 11) is 1.83. The summed E-state index contributed by atoms with van der Waals surface area (Å²) in [5.74, 6) is 0.0687. The van der Waals surface area contributed by atoms with E-state index in [-0.39, 0.29) is 5.91 Å². The van der Waals surface area contributed by atoms with E-state index in [1.807, 2.05) is 13.1 Å². The predicted octanol–water partition coefficient (Wildman–Crippen LogP) is 1.11. The smallest absolute Gasteiger partial charge is 0.238 e. The molecule has 0 unspecified atom stereocenters. The summed E-state index contributed by atoms with van der Waals surface area (Å²) >= 11 is 0. The number of benzene rings is 1. The van der Waals surface area contributed by atoms with Gasteiger partial charge in [0, 0.05) is 19.3 Å². The van der Waals surface area contributed by atoms with Crippen molar-refractivity contribution in [2.75, 3.05) is 31.7 Å². The van der Waals surface area contributed by atoms with E-state index in [1.165, 1.54) is 17.5 Å². The number of fused-ring (bicyclic) bond motifs is 1. The Morgan fingerprint density at radius 1 is 1.37 bits per heavy atom. The first kappa shape index (κ1) is 12.6. The van der Waals surface area contributed by atoms with Gasteiger partial charge >= 0.3 is 0 Å². The van der Waals surface area contributed by atoms with Crippen LogP contribution in [0.1, 0.15) is 17.5 Å². The van der Waals surface area contributed by atoms with E-state index in [4.69, 9.17) is 10.5 Å². The molecule has 1 aromatic rings. The summed E-state index contributed by atoms with van der Waals surface area (Å²) in [5.41, 5.74) is 9.01. The highest BCUT2D eigenvalue weighted by Crippen LogP contribution is 2.32. The highest BCUT2D eigenvalue weighted by molar-refractivity contribution is 5.98. The molecule has 102 valence electrons. The maximum Gasteiger partial charge on any atom is 0.238 e. The van der Waals surface area contributed by atoms with Crippen LogP contribution in [0.4, 0.5) is 5.69 Å². The van der Waals surface area contributed by atoms with Crippen molar-refractivity contribution in [2.45, 2.75) is 19.3 Å². The third-order valence-electron chi connectivity index (χ3n) is 4.38. The Kier molecular flexibility index (Phi) is 3.07. The van der Waals surface area contributed by atoms with Crippen LogP contribution >= 0.6 is 0 Å². The summed E-state index contributed by atoms with van der Waals surface area (Å²) in [5, 5.41) is 0. The van der Waals surface area contributed by atoms with Gasteiger partial charge in [0.25, 0.3) is 0 Å². The van der Waals surface area contributed by atoms with Crippen LogP contribution in [0.25, 0.3) is 0 Å². The zero-order valence-electron chi connectivity index (χ0n) is 11.3. The van der Waals surface area contributed by atoms with E-state index in [0.717, 1.165) is 18.5 Å². The third kappa shape index (κ3) is 1.95. The Hall–Kier alpha value is -1.39. The molecule has 1 heterocycles. The van der Waals surface area contributed by atoms with Gasteiger partial charge in [-0.25, -0.2) is 0 Å². The van der Waals surface area contributed by atoms with Gasteiger partial charge in [0.05, 0.1) is 13.2 Å². The molecule has 3 rings (SSSR count). The van der Waals surface area contributed by atoms with Gasteiger partial charge in [0.15, 0.2) is 0 Å². The summed E-state index contributed by atoms with van der Waals surface area (Å²) < 4.78 is 5.18. The quantitative estimate of drug-likeness (QED) is 0.886. The fraction of sp³-hybridized carbons (Fsp3) is 0.533. The van der Waals surface area contributed by atoms with Gasteiger partial charge in [0.1, 0.15) is 5.41 Å². The molecule has 4 nitrogen and oxygen atoms in total. The highest BCUT2D eigenvalue weighted by atomic mass is 16.5.